The Morgan fingerprint density at radius 2 is 1.69 bits per heavy atom. The van der Waals surface area contributed by atoms with E-state index in [9.17, 15) is 8.42 Å². The molecule has 3 nitrogen and oxygen atoms in total. The number of hydrogen-bond acceptors (Lipinski definition) is 2. The molecule has 4 heteroatoms. The first kappa shape index (κ1) is 13.2. The summed E-state index contributed by atoms with van der Waals surface area (Å²) in [6.07, 6.45) is 0. The summed E-state index contributed by atoms with van der Waals surface area (Å²) < 4.78 is 26.3. The van der Waals surface area contributed by atoms with Crippen molar-refractivity contribution in [3.05, 3.63) is 35.9 Å². The Bertz CT molecular complexity index is 412. The van der Waals surface area contributed by atoms with Crippen LogP contribution < -0.4 is 4.72 Å². The van der Waals surface area contributed by atoms with Crippen LogP contribution in [0.15, 0.2) is 30.3 Å². The minimum absolute atomic E-state index is 0.0336. The van der Waals surface area contributed by atoms with E-state index in [0.717, 1.165) is 5.56 Å². The minimum atomic E-state index is -3.23. The van der Waals surface area contributed by atoms with E-state index in [1.54, 1.807) is 0 Å². The van der Waals surface area contributed by atoms with E-state index in [1.807, 2.05) is 51.1 Å². The van der Waals surface area contributed by atoms with Gasteiger partial charge >= 0.3 is 0 Å². The Balaban J connectivity index is 2.66. The predicted octanol–water partition coefficient (Wildman–Crippen LogP) is 2.15. The zero-order chi connectivity index (χ0) is 12.2. The molecule has 1 atom stereocenters. The summed E-state index contributed by atoms with van der Waals surface area (Å²) in [4.78, 5) is 0. The summed E-state index contributed by atoms with van der Waals surface area (Å²) in [6, 6.07) is 9.17. The molecule has 0 aliphatic carbocycles. The Morgan fingerprint density at radius 1 is 1.12 bits per heavy atom. The Kier molecular flexibility index (Phi) is 4.50. The molecule has 1 aromatic rings. The van der Waals surface area contributed by atoms with E-state index in [1.165, 1.54) is 0 Å². The normalized spacial score (nSPS) is 14.0. The Morgan fingerprint density at radius 3 is 2.19 bits per heavy atom. The van der Waals surface area contributed by atoms with Crippen molar-refractivity contribution in [3.8, 4) is 0 Å². The van der Waals surface area contributed by atoms with Crippen LogP contribution in [0.4, 0.5) is 0 Å². The molecule has 1 aromatic carbocycles. The first-order valence-electron chi connectivity index (χ1n) is 5.44. The summed E-state index contributed by atoms with van der Waals surface area (Å²) in [5.74, 6) is 0.343. The third kappa shape index (κ3) is 4.33. The number of nitrogens with one attached hydrogen (secondary N) is 1. The molecule has 1 rings (SSSR count). The van der Waals surface area contributed by atoms with Gasteiger partial charge in [-0.15, -0.1) is 0 Å². The largest absolute Gasteiger partial charge is 0.216 e. The average molecular weight is 241 g/mol. The fourth-order valence-electron chi connectivity index (χ4n) is 1.25. The van der Waals surface area contributed by atoms with Crippen molar-refractivity contribution in [2.24, 2.45) is 5.92 Å². The third-order valence-corrected chi connectivity index (χ3v) is 4.01. The highest BCUT2D eigenvalue weighted by molar-refractivity contribution is 7.88. The van der Waals surface area contributed by atoms with Gasteiger partial charge in [0.05, 0.1) is 5.75 Å². The zero-order valence-electron chi connectivity index (χ0n) is 9.97. The van der Waals surface area contributed by atoms with E-state index < -0.39 is 10.0 Å². The molecule has 0 spiro atoms. The second-order valence-corrected chi connectivity index (χ2v) is 6.15. The maximum atomic E-state index is 11.8. The van der Waals surface area contributed by atoms with Crippen molar-refractivity contribution in [1.29, 1.82) is 0 Å². The van der Waals surface area contributed by atoms with Gasteiger partial charge in [0, 0.05) is 6.04 Å². The molecule has 0 heterocycles. The summed E-state index contributed by atoms with van der Waals surface area (Å²) >= 11 is 0. The van der Waals surface area contributed by atoms with E-state index in [4.69, 9.17) is 0 Å². The van der Waals surface area contributed by atoms with Crippen LogP contribution in [0.2, 0.25) is 0 Å². The number of sulfonamides is 1. The molecule has 0 unspecified atom stereocenters. The molecule has 0 aromatic heterocycles. The standard InChI is InChI=1S/C12H19NO2S/c1-10(2)11(3)13-16(14,15)9-12-7-5-4-6-8-12/h4-8,10-11,13H,9H2,1-3H3/t11-/m0/s1. The van der Waals surface area contributed by atoms with Crippen LogP contribution in [-0.2, 0) is 15.8 Å². The van der Waals surface area contributed by atoms with Gasteiger partial charge in [-0.3, -0.25) is 0 Å². The molecule has 0 saturated heterocycles. The molecule has 0 aliphatic heterocycles. The molecule has 0 amide bonds. The molecule has 1 N–H and O–H groups in total. The molecule has 0 aliphatic rings. The molecule has 0 bridgehead atoms. The van der Waals surface area contributed by atoms with Crippen LogP contribution in [0.1, 0.15) is 26.3 Å². The van der Waals surface area contributed by atoms with E-state index >= 15 is 0 Å². The first-order chi connectivity index (χ1) is 7.41. The van der Waals surface area contributed by atoms with Gasteiger partial charge in [-0.1, -0.05) is 44.2 Å². The first-order valence-corrected chi connectivity index (χ1v) is 7.10. The van der Waals surface area contributed by atoms with Crippen LogP contribution in [-0.4, -0.2) is 14.5 Å². The fourth-order valence-corrected chi connectivity index (χ4v) is 2.81. The van der Waals surface area contributed by atoms with E-state index in [2.05, 4.69) is 4.72 Å². The summed E-state index contributed by atoms with van der Waals surface area (Å²) in [5.41, 5.74) is 0.811. The van der Waals surface area contributed by atoms with Gasteiger partial charge in [0.1, 0.15) is 0 Å². The SMILES string of the molecule is CC(C)[C@H](C)NS(=O)(=O)Cc1ccccc1. The number of rotatable bonds is 5. The van der Waals surface area contributed by atoms with Gasteiger partial charge in [0.2, 0.25) is 10.0 Å². The molecule has 0 saturated carbocycles. The maximum Gasteiger partial charge on any atom is 0.216 e. The zero-order valence-corrected chi connectivity index (χ0v) is 10.8. The van der Waals surface area contributed by atoms with Gasteiger partial charge in [0.25, 0.3) is 0 Å². The molecule has 0 fully saturated rings. The second-order valence-electron chi connectivity index (χ2n) is 4.40. The van der Waals surface area contributed by atoms with Gasteiger partial charge < -0.3 is 0 Å². The molecular weight excluding hydrogens is 222 g/mol. The highest BCUT2D eigenvalue weighted by Gasteiger charge is 2.16. The number of hydrogen-bond donors (Lipinski definition) is 1. The predicted molar refractivity (Wildman–Crippen MR) is 66.5 cm³/mol. The topological polar surface area (TPSA) is 46.2 Å². The highest BCUT2D eigenvalue weighted by Crippen LogP contribution is 2.07. The van der Waals surface area contributed by atoms with Crippen molar-refractivity contribution >= 4 is 10.0 Å². The van der Waals surface area contributed by atoms with Crippen LogP contribution in [0.25, 0.3) is 0 Å². The van der Waals surface area contributed by atoms with Crippen molar-refractivity contribution in [2.45, 2.75) is 32.6 Å². The van der Waals surface area contributed by atoms with Crippen molar-refractivity contribution < 1.29 is 8.42 Å². The van der Waals surface area contributed by atoms with Crippen LogP contribution in [0.3, 0.4) is 0 Å². The van der Waals surface area contributed by atoms with Crippen molar-refractivity contribution in [2.75, 3.05) is 0 Å². The smallest absolute Gasteiger partial charge is 0.212 e. The highest BCUT2D eigenvalue weighted by atomic mass is 32.2. The van der Waals surface area contributed by atoms with E-state index in [-0.39, 0.29) is 11.8 Å². The monoisotopic (exact) mass is 241 g/mol. The summed E-state index contributed by atoms with van der Waals surface area (Å²) in [5, 5.41) is 0. The van der Waals surface area contributed by atoms with Gasteiger partial charge in [0.15, 0.2) is 0 Å². The van der Waals surface area contributed by atoms with Crippen molar-refractivity contribution in [1.82, 2.24) is 4.72 Å². The van der Waals surface area contributed by atoms with Gasteiger partial charge in [-0.2, -0.15) is 0 Å². The van der Waals surface area contributed by atoms with Crippen LogP contribution in [0, 0.1) is 5.92 Å². The number of benzene rings is 1. The van der Waals surface area contributed by atoms with Crippen molar-refractivity contribution in [3.63, 3.8) is 0 Å². The minimum Gasteiger partial charge on any atom is -0.212 e. The maximum absolute atomic E-state index is 11.8. The van der Waals surface area contributed by atoms with Gasteiger partial charge in [-0.25, -0.2) is 13.1 Å². The lowest BCUT2D eigenvalue weighted by Crippen LogP contribution is -2.36. The van der Waals surface area contributed by atoms with Crippen LogP contribution >= 0.6 is 0 Å². The van der Waals surface area contributed by atoms with Crippen LogP contribution in [0.5, 0.6) is 0 Å². The van der Waals surface area contributed by atoms with Gasteiger partial charge in [-0.05, 0) is 18.4 Å². The molecule has 90 valence electrons. The third-order valence-electron chi connectivity index (χ3n) is 2.56. The van der Waals surface area contributed by atoms with E-state index in [0.29, 0.717) is 5.92 Å². The molecule has 0 radical (unpaired) electrons. The quantitative estimate of drug-likeness (QED) is 0.858. The summed E-state index contributed by atoms with van der Waals surface area (Å²) in [6.45, 7) is 5.87. The Labute approximate surface area is 97.9 Å². The summed E-state index contributed by atoms with van der Waals surface area (Å²) in [7, 11) is -3.23. The lowest BCUT2D eigenvalue weighted by atomic mass is 10.1. The Hall–Kier alpha value is -0.870. The second kappa shape index (κ2) is 5.46. The lowest BCUT2D eigenvalue weighted by molar-refractivity contribution is 0.476. The molecular formula is C12H19NO2S. The average Bonchev–Trinajstić information content (AvgIpc) is 2.17. The fraction of sp³-hybridized carbons (Fsp3) is 0.500. The molecule has 16 heavy (non-hydrogen) atoms. The lowest BCUT2D eigenvalue weighted by Gasteiger charge is -2.17.